The molecule has 7 nitrogen and oxygen atoms in total. The van der Waals surface area contributed by atoms with Gasteiger partial charge in [0.05, 0.1) is 25.7 Å². The first-order valence-electron chi connectivity index (χ1n) is 23.4. The van der Waals surface area contributed by atoms with Crippen molar-refractivity contribution in [2.24, 2.45) is 41.4 Å². The molecular weight excluding hydrogens is 687 g/mol. The molecule has 0 aromatic rings. The fourth-order valence-corrected chi connectivity index (χ4v) is 7.11. The van der Waals surface area contributed by atoms with E-state index < -0.39 is 0 Å². The number of rotatable bonds is 38. The van der Waals surface area contributed by atoms with E-state index in [-0.39, 0.29) is 23.8 Å². The Kier molecular flexibility index (Phi) is 34.5. The third-order valence-corrected chi connectivity index (χ3v) is 11.7. The molecule has 0 heterocycles. The summed E-state index contributed by atoms with van der Waals surface area (Å²) in [6, 6.07) is 0. The maximum Gasteiger partial charge on any atom is 0.308 e. The third kappa shape index (κ3) is 33.1. The number of carbonyl (C=O) groups is 3. The Balaban J connectivity index is 4.30. The maximum atomic E-state index is 13.1. The first kappa shape index (κ1) is 53.4. The molecule has 0 saturated heterocycles. The molecule has 326 valence electrons. The lowest BCUT2D eigenvalue weighted by atomic mass is 9.89. The van der Waals surface area contributed by atoms with Crippen LogP contribution in [0.2, 0.25) is 0 Å². The van der Waals surface area contributed by atoms with Crippen LogP contribution in [-0.2, 0) is 28.6 Å². The largest absolute Gasteiger partial charge is 0.465 e. The van der Waals surface area contributed by atoms with Crippen LogP contribution in [-0.4, -0.2) is 62.8 Å². The minimum Gasteiger partial charge on any atom is -0.465 e. The van der Waals surface area contributed by atoms with Gasteiger partial charge in [-0.15, -0.1) is 0 Å². The number of nitrogens with zero attached hydrogens (tertiary/aromatic N) is 1. The molecule has 0 amide bonds. The van der Waals surface area contributed by atoms with Gasteiger partial charge in [-0.25, -0.2) is 0 Å². The molecule has 2 atom stereocenters. The summed E-state index contributed by atoms with van der Waals surface area (Å²) in [5.74, 6) is 3.28. The lowest BCUT2D eigenvalue weighted by Crippen LogP contribution is -2.23. The highest BCUT2D eigenvalue weighted by Crippen LogP contribution is 2.24. The summed E-state index contributed by atoms with van der Waals surface area (Å²) in [7, 11) is 2.10. The fraction of sp³-hybridized carbons (Fsp3) is 0.938. The van der Waals surface area contributed by atoms with Crippen LogP contribution in [0.15, 0.2) is 0 Å². The molecule has 0 aliphatic carbocycles. The number of ether oxygens (including phenoxy) is 3. The maximum absolute atomic E-state index is 13.1. The van der Waals surface area contributed by atoms with Crippen LogP contribution in [0, 0.1) is 41.4 Å². The van der Waals surface area contributed by atoms with Crippen molar-refractivity contribution < 1.29 is 28.6 Å². The zero-order chi connectivity index (χ0) is 41.3. The lowest BCUT2D eigenvalue weighted by Gasteiger charge is -2.21. The van der Waals surface area contributed by atoms with Gasteiger partial charge in [0.15, 0.2) is 0 Å². The van der Waals surface area contributed by atoms with Crippen molar-refractivity contribution in [1.29, 1.82) is 0 Å². The van der Waals surface area contributed by atoms with E-state index in [0.717, 1.165) is 109 Å². The molecule has 0 aromatic carbocycles. The molecule has 0 spiro atoms. The van der Waals surface area contributed by atoms with Crippen LogP contribution < -0.4 is 0 Å². The Bertz CT molecular complexity index is 860. The van der Waals surface area contributed by atoms with Gasteiger partial charge >= 0.3 is 17.9 Å². The standard InChI is InChI=1S/C48H93NO6/c1-11-49(10)35-26-36-53-48(52)43(27-22-18-14-12-16-20-24-29-46(50)54-37-44(41(6)7)33-31-39(2)3)28-23-19-15-13-17-21-25-30-47(51)55-38-45(42(8)9)34-32-40(4)5/h39-45H,11-38H2,1-10H3. The Morgan fingerprint density at radius 2 is 0.855 bits per heavy atom. The van der Waals surface area contributed by atoms with Gasteiger partial charge in [-0.05, 0) is 94.0 Å². The molecule has 0 bridgehead atoms. The van der Waals surface area contributed by atoms with E-state index in [1.54, 1.807) is 0 Å². The summed E-state index contributed by atoms with van der Waals surface area (Å²) < 4.78 is 17.1. The SMILES string of the molecule is CCN(C)CCCOC(=O)C(CCCCCCCCCC(=O)OCC(CCC(C)C)C(C)C)CCCCCCCCCC(=O)OCC(CCC(C)C)C(C)C. The van der Waals surface area contributed by atoms with Gasteiger partial charge in [0.1, 0.15) is 0 Å². The van der Waals surface area contributed by atoms with Crippen molar-refractivity contribution in [2.75, 3.05) is 40.0 Å². The van der Waals surface area contributed by atoms with Gasteiger partial charge in [-0.3, -0.25) is 14.4 Å². The van der Waals surface area contributed by atoms with Crippen molar-refractivity contribution in [2.45, 2.75) is 210 Å². The van der Waals surface area contributed by atoms with Crippen molar-refractivity contribution in [3.63, 3.8) is 0 Å². The smallest absolute Gasteiger partial charge is 0.308 e. The average Bonchev–Trinajstić information content (AvgIpc) is 3.13. The first-order chi connectivity index (χ1) is 26.3. The summed E-state index contributed by atoms with van der Waals surface area (Å²) in [6.45, 7) is 23.6. The number of hydrogen-bond acceptors (Lipinski definition) is 7. The predicted molar refractivity (Wildman–Crippen MR) is 232 cm³/mol. The van der Waals surface area contributed by atoms with Crippen molar-refractivity contribution in [3.8, 4) is 0 Å². The Labute approximate surface area is 341 Å². The topological polar surface area (TPSA) is 82.1 Å². The van der Waals surface area contributed by atoms with Crippen LogP contribution in [0.25, 0.3) is 0 Å². The van der Waals surface area contributed by atoms with Crippen LogP contribution in [0.1, 0.15) is 210 Å². The molecule has 0 aromatic heterocycles. The second-order valence-corrected chi connectivity index (χ2v) is 18.5. The van der Waals surface area contributed by atoms with E-state index in [1.807, 2.05) is 0 Å². The molecule has 2 unspecified atom stereocenters. The highest BCUT2D eigenvalue weighted by Gasteiger charge is 2.20. The quantitative estimate of drug-likeness (QED) is 0.0350. The summed E-state index contributed by atoms with van der Waals surface area (Å²) in [5, 5.41) is 0. The molecule has 55 heavy (non-hydrogen) atoms. The Morgan fingerprint density at radius 3 is 1.22 bits per heavy atom. The average molecular weight is 780 g/mol. The van der Waals surface area contributed by atoms with Gasteiger partial charge in [-0.1, -0.05) is 152 Å². The second kappa shape index (κ2) is 35.5. The lowest BCUT2D eigenvalue weighted by molar-refractivity contribution is -0.149. The van der Waals surface area contributed by atoms with Crippen LogP contribution in [0.5, 0.6) is 0 Å². The van der Waals surface area contributed by atoms with E-state index in [4.69, 9.17) is 14.2 Å². The summed E-state index contributed by atoms with van der Waals surface area (Å²) >= 11 is 0. The monoisotopic (exact) mass is 780 g/mol. The molecule has 0 fully saturated rings. The highest BCUT2D eigenvalue weighted by molar-refractivity contribution is 5.72. The summed E-state index contributed by atoms with van der Waals surface area (Å²) in [4.78, 5) is 40.0. The molecule has 0 radical (unpaired) electrons. The predicted octanol–water partition coefficient (Wildman–Crippen LogP) is 13.0. The molecule has 0 aliphatic heterocycles. The van der Waals surface area contributed by atoms with Crippen molar-refractivity contribution >= 4 is 17.9 Å². The van der Waals surface area contributed by atoms with Crippen molar-refractivity contribution in [1.82, 2.24) is 4.90 Å². The molecule has 7 heteroatoms. The van der Waals surface area contributed by atoms with Gasteiger partial charge in [0.2, 0.25) is 0 Å². The van der Waals surface area contributed by atoms with Crippen LogP contribution in [0.4, 0.5) is 0 Å². The fourth-order valence-electron chi connectivity index (χ4n) is 7.11. The summed E-state index contributed by atoms with van der Waals surface area (Å²) in [5.41, 5.74) is 0. The number of hydrogen-bond donors (Lipinski definition) is 0. The second-order valence-electron chi connectivity index (χ2n) is 18.5. The van der Waals surface area contributed by atoms with E-state index in [0.29, 0.717) is 68.2 Å². The van der Waals surface area contributed by atoms with Gasteiger partial charge < -0.3 is 19.1 Å². The number of unbranched alkanes of at least 4 members (excludes halogenated alkanes) is 12. The molecule has 0 saturated carbocycles. The molecule has 0 N–H and O–H groups in total. The van der Waals surface area contributed by atoms with Crippen molar-refractivity contribution in [3.05, 3.63) is 0 Å². The molecule has 0 rings (SSSR count). The minimum atomic E-state index is -0.0394. The zero-order valence-corrected chi connectivity index (χ0v) is 38.2. The first-order valence-corrected chi connectivity index (χ1v) is 23.4. The number of esters is 3. The number of carbonyl (C=O) groups excluding carboxylic acids is 3. The van der Waals surface area contributed by atoms with Crippen LogP contribution >= 0.6 is 0 Å². The third-order valence-electron chi connectivity index (χ3n) is 11.7. The zero-order valence-electron chi connectivity index (χ0n) is 38.2. The van der Waals surface area contributed by atoms with E-state index in [9.17, 15) is 14.4 Å². The minimum absolute atomic E-state index is 0.00210. The molecular formula is C48H93NO6. The molecule has 0 aliphatic rings. The van der Waals surface area contributed by atoms with Gasteiger partial charge in [0, 0.05) is 19.4 Å². The van der Waals surface area contributed by atoms with E-state index >= 15 is 0 Å². The van der Waals surface area contributed by atoms with Gasteiger partial charge in [0.25, 0.3) is 0 Å². The Morgan fingerprint density at radius 1 is 0.473 bits per heavy atom. The Hall–Kier alpha value is -1.63. The van der Waals surface area contributed by atoms with E-state index in [1.165, 1.54) is 38.5 Å². The van der Waals surface area contributed by atoms with E-state index in [2.05, 4.69) is 74.3 Å². The highest BCUT2D eigenvalue weighted by atomic mass is 16.5. The van der Waals surface area contributed by atoms with Crippen LogP contribution in [0.3, 0.4) is 0 Å². The van der Waals surface area contributed by atoms with Gasteiger partial charge in [-0.2, -0.15) is 0 Å². The summed E-state index contributed by atoms with van der Waals surface area (Å²) in [6.07, 6.45) is 23.8. The normalized spacial score (nSPS) is 13.6.